The second kappa shape index (κ2) is 7.48. The van der Waals surface area contributed by atoms with Crippen molar-refractivity contribution in [3.8, 4) is 0 Å². The fourth-order valence-electron chi connectivity index (χ4n) is 2.93. The van der Waals surface area contributed by atoms with Crippen LogP contribution in [0.3, 0.4) is 0 Å². The van der Waals surface area contributed by atoms with Gasteiger partial charge in [0.1, 0.15) is 0 Å². The van der Waals surface area contributed by atoms with Gasteiger partial charge < -0.3 is 0 Å². The van der Waals surface area contributed by atoms with Crippen molar-refractivity contribution in [3.63, 3.8) is 0 Å². The molecule has 1 aliphatic rings. The first kappa shape index (κ1) is 19.0. The number of benzene rings is 2. The van der Waals surface area contributed by atoms with Gasteiger partial charge in [0, 0.05) is 19.6 Å². The van der Waals surface area contributed by atoms with E-state index in [2.05, 4.69) is 4.72 Å². The fraction of sp³-hybridized carbons (Fsp3) is 0.333. The highest BCUT2D eigenvalue weighted by atomic mass is 32.2. The van der Waals surface area contributed by atoms with Crippen molar-refractivity contribution in [2.24, 2.45) is 0 Å². The number of hydrogen-bond acceptors (Lipinski definition) is 4. The van der Waals surface area contributed by atoms with E-state index in [4.69, 9.17) is 0 Å². The van der Waals surface area contributed by atoms with Crippen molar-refractivity contribution in [2.75, 3.05) is 13.1 Å². The van der Waals surface area contributed by atoms with Gasteiger partial charge in [0.05, 0.1) is 9.79 Å². The van der Waals surface area contributed by atoms with Crippen LogP contribution in [0.5, 0.6) is 0 Å². The smallest absolute Gasteiger partial charge is 0.207 e. The zero-order chi connectivity index (χ0) is 18.8. The van der Waals surface area contributed by atoms with Crippen LogP contribution in [0.15, 0.2) is 58.3 Å². The molecule has 0 radical (unpaired) electrons. The average Bonchev–Trinajstić information content (AvgIpc) is 3.17. The summed E-state index contributed by atoms with van der Waals surface area (Å²) >= 11 is 0. The van der Waals surface area contributed by atoms with Crippen molar-refractivity contribution in [2.45, 2.75) is 36.1 Å². The third kappa shape index (κ3) is 3.98. The van der Waals surface area contributed by atoms with Crippen molar-refractivity contribution < 1.29 is 16.8 Å². The van der Waals surface area contributed by atoms with Crippen LogP contribution in [0.4, 0.5) is 0 Å². The monoisotopic (exact) mass is 394 g/mol. The number of nitrogens with zero attached hydrogens (tertiary/aromatic N) is 1. The van der Waals surface area contributed by atoms with Crippen LogP contribution < -0.4 is 4.72 Å². The van der Waals surface area contributed by atoms with Gasteiger partial charge >= 0.3 is 0 Å². The Labute approximate surface area is 155 Å². The summed E-state index contributed by atoms with van der Waals surface area (Å²) in [6, 6.07) is 12.9. The summed E-state index contributed by atoms with van der Waals surface area (Å²) in [5, 5.41) is 0. The molecule has 0 aliphatic carbocycles. The third-order valence-electron chi connectivity index (χ3n) is 4.55. The highest BCUT2D eigenvalue weighted by Gasteiger charge is 2.27. The zero-order valence-electron chi connectivity index (χ0n) is 14.6. The fourth-order valence-corrected chi connectivity index (χ4v) is 5.46. The molecule has 0 bridgehead atoms. The Hall–Kier alpha value is -1.74. The van der Waals surface area contributed by atoms with E-state index in [0.29, 0.717) is 13.1 Å². The summed E-state index contributed by atoms with van der Waals surface area (Å²) in [6.07, 6.45) is 1.71. The van der Waals surface area contributed by atoms with Crippen LogP contribution in [0, 0.1) is 6.92 Å². The van der Waals surface area contributed by atoms with Gasteiger partial charge in [-0.3, -0.25) is 0 Å². The first-order valence-corrected chi connectivity index (χ1v) is 11.4. The molecule has 6 nitrogen and oxygen atoms in total. The molecule has 1 N–H and O–H groups in total. The molecule has 1 heterocycles. The van der Waals surface area contributed by atoms with Gasteiger partial charge in [0.25, 0.3) is 0 Å². The molecule has 8 heteroatoms. The summed E-state index contributed by atoms with van der Waals surface area (Å²) in [7, 11) is -7.26. The minimum Gasteiger partial charge on any atom is -0.207 e. The molecule has 140 valence electrons. The predicted molar refractivity (Wildman–Crippen MR) is 99.6 cm³/mol. The highest BCUT2D eigenvalue weighted by Crippen LogP contribution is 2.22. The first-order valence-electron chi connectivity index (χ1n) is 8.45. The van der Waals surface area contributed by atoms with Crippen LogP contribution in [-0.2, 0) is 26.6 Å². The molecule has 0 saturated carbocycles. The number of sulfonamides is 2. The van der Waals surface area contributed by atoms with E-state index in [1.807, 2.05) is 31.2 Å². The summed E-state index contributed by atoms with van der Waals surface area (Å²) in [5.41, 5.74) is 1.89. The van der Waals surface area contributed by atoms with Crippen molar-refractivity contribution >= 4 is 20.0 Å². The quantitative estimate of drug-likeness (QED) is 0.815. The molecular formula is C18H22N2O4S2. The van der Waals surface area contributed by atoms with Gasteiger partial charge in [0.2, 0.25) is 20.0 Å². The summed E-state index contributed by atoms with van der Waals surface area (Å²) < 4.78 is 53.9. The molecule has 26 heavy (non-hydrogen) atoms. The molecule has 0 aromatic heterocycles. The number of hydrogen-bond donors (Lipinski definition) is 1. The lowest BCUT2D eigenvalue weighted by atomic mass is 10.1. The van der Waals surface area contributed by atoms with E-state index < -0.39 is 20.0 Å². The molecule has 0 amide bonds. The van der Waals surface area contributed by atoms with Gasteiger partial charge in [0.15, 0.2) is 0 Å². The zero-order valence-corrected chi connectivity index (χ0v) is 16.2. The molecule has 0 spiro atoms. The molecule has 1 aliphatic heterocycles. The van der Waals surface area contributed by atoms with E-state index in [1.54, 1.807) is 0 Å². The normalized spacial score (nSPS) is 16.0. The summed E-state index contributed by atoms with van der Waals surface area (Å²) in [5.74, 6) is 0. The summed E-state index contributed by atoms with van der Waals surface area (Å²) in [6.45, 7) is 3.13. The van der Waals surface area contributed by atoms with Crippen molar-refractivity contribution in [1.29, 1.82) is 0 Å². The number of aryl methyl sites for hydroxylation is 1. The van der Waals surface area contributed by atoms with E-state index >= 15 is 0 Å². The molecule has 2 aromatic rings. The predicted octanol–water partition coefficient (Wildman–Crippen LogP) is 2.26. The van der Waals surface area contributed by atoms with Crippen LogP contribution in [0.1, 0.15) is 24.0 Å². The Morgan fingerprint density at radius 3 is 2.08 bits per heavy atom. The van der Waals surface area contributed by atoms with Crippen molar-refractivity contribution in [1.82, 2.24) is 9.03 Å². The second-order valence-electron chi connectivity index (χ2n) is 6.33. The molecule has 0 atom stereocenters. The number of rotatable bonds is 6. The lowest BCUT2D eigenvalue weighted by Gasteiger charge is -2.15. The van der Waals surface area contributed by atoms with Crippen LogP contribution in [0.25, 0.3) is 0 Å². The maximum Gasteiger partial charge on any atom is 0.243 e. The average molecular weight is 395 g/mol. The van der Waals surface area contributed by atoms with E-state index in [-0.39, 0.29) is 16.3 Å². The van der Waals surface area contributed by atoms with Crippen molar-refractivity contribution in [3.05, 3.63) is 59.7 Å². The molecule has 0 unspecified atom stereocenters. The standard InChI is InChI=1S/C18H22N2O4S2/c1-15-6-2-3-7-16(15)14-19-25(21,22)17-8-10-18(11-9-17)26(23,24)20-12-4-5-13-20/h2-3,6-11,19H,4-5,12-14H2,1H3. The molecule has 2 aromatic carbocycles. The van der Waals surface area contributed by atoms with Crippen LogP contribution in [0.2, 0.25) is 0 Å². The van der Waals surface area contributed by atoms with Gasteiger partial charge in [-0.05, 0) is 55.2 Å². The number of nitrogens with one attached hydrogen (secondary N) is 1. The molecule has 1 saturated heterocycles. The van der Waals surface area contributed by atoms with E-state index in [9.17, 15) is 16.8 Å². The van der Waals surface area contributed by atoms with Gasteiger partial charge in [-0.2, -0.15) is 4.31 Å². The maximum atomic E-state index is 12.5. The third-order valence-corrected chi connectivity index (χ3v) is 7.88. The van der Waals surface area contributed by atoms with Crippen LogP contribution >= 0.6 is 0 Å². The Bertz CT molecular complexity index is 978. The Balaban J connectivity index is 1.76. The largest absolute Gasteiger partial charge is 0.243 e. The Morgan fingerprint density at radius 1 is 0.885 bits per heavy atom. The molecule has 1 fully saturated rings. The van der Waals surface area contributed by atoms with Gasteiger partial charge in [-0.25, -0.2) is 21.6 Å². The maximum absolute atomic E-state index is 12.5. The topological polar surface area (TPSA) is 83.5 Å². The van der Waals surface area contributed by atoms with E-state index in [0.717, 1.165) is 24.0 Å². The minimum absolute atomic E-state index is 0.0476. The van der Waals surface area contributed by atoms with E-state index in [1.165, 1.54) is 28.6 Å². The lowest BCUT2D eigenvalue weighted by molar-refractivity contribution is 0.477. The first-order chi connectivity index (χ1) is 12.3. The summed E-state index contributed by atoms with van der Waals surface area (Å²) in [4.78, 5) is 0.170. The second-order valence-corrected chi connectivity index (χ2v) is 10.0. The minimum atomic E-state index is -3.71. The Kier molecular flexibility index (Phi) is 5.47. The Morgan fingerprint density at radius 2 is 1.46 bits per heavy atom. The molecular weight excluding hydrogens is 372 g/mol. The van der Waals surface area contributed by atoms with Gasteiger partial charge in [-0.15, -0.1) is 0 Å². The van der Waals surface area contributed by atoms with Crippen LogP contribution in [-0.4, -0.2) is 34.2 Å². The SMILES string of the molecule is Cc1ccccc1CNS(=O)(=O)c1ccc(S(=O)(=O)N2CCCC2)cc1. The molecule has 3 rings (SSSR count). The lowest BCUT2D eigenvalue weighted by Crippen LogP contribution is -2.28. The highest BCUT2D eigenvalue weighted by molar-refractivity contribution is 7.89. The van der Waals surface area contributed by atoms with Gasteiger partial charge in [-0.1, -0.05) is 24.3 Å².